The highest BCUT2D eigenvalue weighted by Crippen LogP contribution is 2.20. The Morgan fingerprint density at radius 1 is 1.41 bits per heavy atom. The van der Waals surface area contributed by atoms with Gasteiger partial charge in [0, 0.05) is 11.4 Å². The van der Waals surface area contributed by atoms with Crippen LogP contribution in [0, 0.1) is 0 Å². The van der Waals surface area contributed by atoms with Crippen LogP contribution in [-0.4, -0.2) is 30.8 Å². The number of rotatable bonds is 3. The van der Waals surface area contributed by atoms with Crippen molar-refractivity contribution in [3.63, 3.8) is 0 Å². The lowest BCUT2D eigenvalue weighted by Gasteiger charge is -2.06. The van der Waals surface area contributed by atoms with Gasteiger partial charge in [0.05, 0.1) is 11.8 Å². The van der Waals surface area contributed by atoms with E-state index in [1.165, 1.54) is 0 Å². The van der Waals surface area contributed by atoms with E-state index in [1.807, 2.05) is 0 Å². The minimum absolute atomic E-state index is 0.0650. The van der Waals surface area contributed by atoms with Crippen LogP contribution in [0.4, 0.5) is 0 Å². The number of aromatic nitrogens is 3. The van der Waals surface area contributed by atoms with Crippen molar-refractivity contribution in [2.45, 2.75) is 6.42 Å². The first kappa shape index (κ1) is 14.2. The lowest BCUT2D eigenvalue weighted by Crippen LogP contribution is -2.17. The number of hydrogen-bond donors (Lipinski definition) is 3. The fourth-order valence-corrected chi connectivity index (χ4v) is 2.42. The summed E-state index contributed by atoms with van der Waals surface area (Å²) in [5.74, 6) is -1.64. The van der Waals surface area contributed by atoms with Gasteiger partial charge in [0.15, 0.2) is 5.65 Å². The molecule has 3 aromatic rings. The zero-order valence-electron chi connectivity index (χ0n) is 11.1. The lowest BCUT2D eigenvalue weighted by molar-refractivity contribution is 0.0698. The van der Waals surface area contributed by atoms with Crippen molar-refractivity contribution in [3.05, 3.63) is 62.5 Å². The molecule has 3 rings (SSSR count). The van der Waals surface area contributed by atoms with Crippen molar-refractivity contribution in [2.75, 3.05) is 0 Å². The summed E-state index contributed by atoms with van der Waals surface area (Å²) in [4.78, 5) is 25.6. The largest absolute Gasteiger partial charge is 0.493 e. The molecule has 0 amide bonds. The first-order valence-electron chi connectivity index (χ1n) is 6.27. The van der Waals surface area contributed by atoms with Gasteiger partial charge in [0.2, 0.25) is 5.88 Å². The summed E-state index contributed by atoms with van der Waals surface area (Å²) in [6, 6.07) is 6.87. The van der Waals surface area contributed by atoms with E-state index in [2.05, 4.69) is 10.1 Å². The Kier molecular flexibility index (Phi) is 3.34. The molecule has 1 aromatic carbocycles. The zero-order valence-corrected chi connectivity index (χ0v) is 11.8. The Bertz CT molecular complexity index is 945. The van der Waals surface area contributed by atoms with E-state index >= 15 is 0 Å². The number of carboxylic acid groups (broad SMARTS) is 1. The second kappa shape index (κ2) is 5.19. The lowest BCUT2D eigenvalue weighted by atomic mass is 10.1. The summed E-state index contributed by atoms with van der Waals surface area (Å²) in [6.45, 7) is 0. The number of benzene rings is 1. The molecule has 0 saturated heterocycles. The number of H-pyrrole nitrogens is 1. The van der Waals surface area contributed by atoms with E-state index in [0.29, 0.717) is 5.02 Å². The van der Waals surface area contributed by atoms with Gasteiger partial charge < -0.3 is 15.2 Å². The molecular formula is C14H10ClN3O4. The molecule has 8 heteroatoms. The molecule has 7 nitrogen and oxygen atoms in total. The number of aromatic hydroxyl groups is 1. The second-order valence-corrected chi connectivity index (χ2v) is 5.12. The van der Waals surface area contributed by atoms with Gasteiger partial charge in [0.1, 0.15) is 5.56 Å². The predicted octanol–water partition coefficient (Wildman–Crippen LogP) is 1.67. The molecule has 0 aliphatic rings. The van der Waals surface area contributed by atoms with Crippen LogP contribution >= 0.6 is 11.6 Å². The standard InChI is InChI=1S/C14H10ClN3O4/c15-8-3-1-2-7(4-8)5-9-12(19)17-11-10(14(21)22)6-16-18(11)13(9)20/h1-4,6,20H,5H2,(H,17,19)(H,21,22). The van der Waals surface area contributed by atoms with Crippen LogP contribution < -0.4 is 5.56 Å². The fraction of sp³-hybridized carbons (Fsp3) is 0.0714. The summed E-state index contributed by atoms with van der Waals surface area (Å²) >= 11 is 5.89. The second-order valence-electron chi connectivity index (χ2n) is 4.69. The van der Waals surface area contributed by atoms with E-state index in [1.54, 1.807) is 24.3 Å². The molecule has 112 valence electrons. The van der Waals surface area contributed by atoms with E-state index in [-0.39, 0.29) is 23.2 Å². The predicted molar refractivity (Wildman–Crippen MR) is 78.7 cm³/mol. The fourth-order valence-electron chi connectivity index (χ4n) is 2.21. The van der Waals surface area contributed by atoms with Crippen LogP contribution in [0.5, 0.6) is 5.88 Å². The van der Waals surface area contributed by atoms with Crippen LogP contribution in [0.15, 0.2) is 35.3 Å². The number of aromatic carboxylic acids is 1. The zero-order chi connectivity index (χ0) is 15.9. The van der Waals surface area contributed by atoms with Gasteiger partial charge in [-0.2, -0.15) is 9.61 Å². The molecule has 0 unspecified atom stereocenters. The Hall–Kier alpha value is -2.80. The SMILES string of the molecule is O=C(O)c1cnn2c(O)c(Cc3cccc(Cl)c3)c(=O)[nH]c12. The molecule has 0 spiro atoms. The quantitative estimate of drug-likeness (QED) is 0.680. The summed E-state index contributed by atoms with van der Waals surface area (Å²) in [7, 11) is 0. The van der Waals surface area contributed by atoms with Gasteiger partial charge in [-0.15, -0.1) is 0 Å². The Morgan fingerprint density at radius 2 is 2.18 bits per heavy atom. The average molecular weight is 320 g/mol. The van der Waals surface area contributed by atoms with Crippen molar-refractivity contribution < 1.29 is 15.0 Å². The number of nitrogens with one attached hydrogen (secondary N) is 1. The molecular weight excluding hydrogens is 310 g/mol. The number of carbonyl (C=O) groups is 1. The third-order valence-electron chi connectivity index (χ3n) is 3.25. The number of hydrogen-bond acceptors (Lipinski definition) is 4. The first-order valence-corrected chi connectivity index (χ1v) is 6.64. The third kappa shape index (κ3) is 2.31. The topological polar surface area (TPSA) is 108 Å². The Morgan fingerprint density at radius 3 is 2.86 bits per heavy atom. The van der Waals surface area contributed by atoms with Gasteiger partial charge in [-0.05, 0) is 17.7 Å². The van der Waals surface area contributed by atoms with E-state index in [9.17, 15) is 14.7 Å². The highest BCUT2D eigenvalue weighted by Gasteiger charge is 2.19. The summed E-state index contributed by atoms with van der Waals surface area (Å²) in [5, 5.41) is 23.5. The molecule has 0 saturated carbocycles. The maximum absolute atomic E-state index is 12.1. The Labute approximate surface area is 128 Å². The van der Waals surface area contributed by atoms with Crippen LogP contribution in [0.25, 0.3) is 5.65 Å². The summed E-state index contributed by atoms with van der Waals surface area (Å²) in [6.07, 6.45) is 1.20. The van der Waals surface area contributed by atoms with Crippen molar-refractivity contribution in [1.82, 2.24) is 14.6 Å². The molecule has 2 aromatic heterocycles. The number of carboxylic acids is 1. The van der Waals surface area contributed by atoms with E-state index < -0.39 is 17.4 Å². The van der Waals surface area contributed by atoms with Crippen molar-refractivity contribution in [2.24, 2.45) is 0 Å². The highest BCUT2D eigenvalue weighted by molar-refractivity contribution is 6.30. The minimum atomic E-state index is -1.24. The Balaban J connectivity index is 2.15. The number of halogens is 1. The van der Waals surface area contributed by atoms with E-state index in [4.69, 9.17) is 16.7 Å². The maximum Gasteiger partial charge on any atom is 0.341 e. The average Bonchev–Trinajstić information content (AvgIpc) is 2.87. The number of nitrogens with zero attached hydrogens (tertiary/aromatic N) is 2. The summed E-state index contributed by atoms with van der Waals surface area (Å²) in [5.41, 5.74) is -0.0207. The monoisotopic (exact) mass is 319 g/mol. The molecule has 0 aliphatic heterocycles. The molecule has 22 heavy (non-hydrogen) atoms. The van der Waals surface area contributed by atoms with Crippen molar-refractivity contribution in [3.8, 4) is 5.88 Å². The van der Waals surface area contributed by atoms with Gasteiger partial charge in [-0.3, -0.25) is 4.79 Å². The molecule has 0 radical (unpaired) electrons. The van der Waals surface area contributed by atoms with Gasteiger partial charge >= 0.3 is 5.97 Å². The molecule has 0 fully saturated rings. The van der Waals surface area contributed by atoms with Gasteiger partial charge in [-0.25, -0.2) is 4.79 Å². The molecule has 3 N–H and O–H groups in total. The molecule has 0 bridgehead atoms. The van der Waals surface area contributed by atoms with Crippen LogP contribution in [-0.2, 0) is 6.42 Å². The number of fused-ring (bicyclic) bond motifs is 1. The first-order chi connectivity index (χ1) is 10.5. The molecule has 0 atom stereocenters. The molecule has 2 heterocycles. The normalized spacial score (nSPS) is 11.0. The third-order valence-corrected chi connectivity index (χ3v) is 3.48. The van der Waals surface area contributed by atoms with Crippen molar-refractivity contribution >= 4 is 23.2 Å². The number of aromatic amines is 1. The van der Waals surface area contributed by atoms with Gasteiger partial charge in [-0.1, -0.05) is 23.7 Å². The van der Waals surface area contributed by atoms with E-state index in [0.717, 1.165) is 16.3 Å². The maximum atomic E-state index is 12.1. The van der Waals surface area contributed by atoms with Crippen molar-refractivity contribution in [1.29, 1.82) is 0 Å². The smallest absolute Gasteiger partial charge is 0.341 e. The van der Waals surface area contributed by atoms with Crippen LogP contribution in [0.1, 0.15) is 21.5 Å². The minimum Gasteiger partial charge on any atom is -0.493 e. The van der Waals surface area contributed by atoms with Crippen LogP contribution in [0.3, 0.4) is 0 Å². The summed E-state index contributed by atoms with van der Waals surface area (Å²) < 4.78 is 0.991. The highest BCUT2D eigenvalue weighted by atomic mass is 35.5. The van der Waals surface area contributed by atoms with Gasteiger partial charge in [0.25, 0.3) is 5.56 Å². The van der Waals surface area contributed by atoms with Crippen LogP contribution in [0.2, 0.25) is 5.02 Å². The molecule has 0 aliphatic carbocycles.